The first-order valence-corrected chi connectivity index (χ1v) is 5.81. The van der Waals surface area contributed by atoms with E-state index >= 15 is 0 Å². The van der Waals surface area contributed by atoms with E-state index in [4.69, 9.17) is 11.6 Å². The normalized spacial score (nSPS) is 12.9. The number of esters is 1. The molecule has 1 N–H and O–H groups in total. The van der Waals surface area contributed by atoms with E-state index in [9.17, 15) is 18.0 Å². The first-order valence-electron chi connectivity index (χ1n) is 5.43. The molecular formula is C12H13ClF3NO2. The first-order chi connectivity index (χ1) is 8.74. The van der Waals surface area contributed by atoms with Gasteiger partial charge in [0.05, 0.1) is 18.6 Å². The van der Waals surface area contributed by atoms with Gasteiger partial charge in [0, 0.05) is 17.3 Å². The maximum Gasteiger partial charge on any atom is 0.416 e. The smallest absolute Gasteiger partial charge is 0.416 e. The second-order valence-corrected chi connectivity index (χ2v) is 4.47. The lowest BCUT2D eigenvalue weighted by Gasteiger charge is -2.14. The van der Waals surface area contributed by atoms with Crippen LogP contribution in [-0.2, 0) is 15.7 Å². The van der Waals surface area contributed by atoms with Crippen molar-refractivity contribution in [1.82, 2.24) is 0 Å². The summed E-state index contributed by atoms with van der Waals surface area (Å²) in [5.41, 5.74) is -0.635. The van der Waals surface area contributed by atoms with E-state index in [0.29, 0.717) is 0 Å². The zero-order valence-corrected chi connectivity index (χ0v) is 11.1. The van der Waals surface area contributed by atoms with Crippen molar-refractivity contribution in [3.8, 4) is 0 Å². The number of rotatable bonds is 4. The van der Waals surface area contributed by atoms with Crippen molar-refractivity contribution in [2.75, 3.05) is 19.0 Å². The minimum absolute atomic E-state index is 0.0250. The Kier molecular flexibility index (Phi) is 5.05. The highest BCUT2D eigenvalue weighted by molar-refractivity contribution is 6.30. The lowest BCUT2D eigenvalue weighted by atomic mass is 10.1. The fourth-order valence-electron chi connectivity index (χ4n) is 1.41. The molecule has 0 spiro atoms. The van der Waals surface area contributed by atoms with Crippen LogP contribution in [0.2, 0.25) is 5.02 Å². The Hall–Kier alpha value is -1.43. The third kappa shape index (κ3) is 4.63. The standard InChI is InChI=1S/C12H13ClF3NO2/c1-7(11(18)19-2)6-17-10-4-8(12(14,15)16)3-9(13)5-10/h3-5,7,17H,6H2,1-2H3. The van der Waals surface area contributed by atoms with Crippen LogP contribution in [0.5, 0.6) is 0 Å². The summed E-state index contributed by atoms with van der Waals surface area (Å²) >= 11 is 5.63. The topological polar surface area (TPSA) is 38.3 Å². The maximum absolute atomic E-state index is 12.6. The highest BCUT2D eigenvalue weighted by Gasteiger charge is 2.31. The number of halogens is 4. The Morgan fingerprint density at radius 3 is 2.58 bits per heavy atom. The number of benzene rings is 1. The van der Waals surface area contributed by atoms with Gasteiger partial charge in [0.25, 0.3) is 0 Å². The molecule has 19 heavy (non-hydrogen) atoms. The van der Waals surface area contributed by atoms with E-state index in [-0.39, 0.29) is 17.3 Å². The molecule has 0 bridgehead atoms. The van der Waals surface area contributed by atoms with Crippen molar-refractivity contribution in [1.29, 1.82) is 0 Å². The summed E-state index contributed by atoms with van der Waals surface area (Å²) in [7, 11) is 1.25. The largest absolute Gasteiger partial charge is 0.469 e. The van der Waals surface area contributed by atoms with E-state index in [1.54, 1.807) is 6.92 Å². The molecule has 1 aromatic rings. The molecule has 1 aromatic carbocycles. The molecule has 0 saturated carbocycles. The summed E-state index contributed by atoms with van der Waals surface area (Å²) in [5, 5.41) is 2.70. The molecule has 0 amide bonds. The lowest BCUT2D eigenvalue weighted by Crippen LogP contribution is -2.21. The Morgan fingerprint density at radius 2 is 2.05 bits per heavy atom. The number of nitrogens with one attached hydrogen (secondary N) is 1. The third-order valence-corrected chi connectivity index (χ3v) is 2.66. The lowest BCUT2D eigenvalue weighted by molar-refractivity contribution is -0.144. The van der Waals surface area contributed by atoms with Gasteiger partial charge in [-0.3, -0.25) is 4.79 Å². The van der Waals surface area contributed by atoms with Gasteiger partial charge in [-0.25, -0.2) is 0 Å². The molecule has 1 unspecified atom stereocenters. The second-order valence-electron chi connectivity index (χ2n) is 4.03. The van der Waals surface area contributed by atoms with Crippen molar-refractivity contribution < 1.29 is 22.7 Å². The molecule has 0 aliphatic carbocycles. The van der Waals surface area contributed by atoms with Crippen LogP contribution in [0.25, 0.3) is 0 Å². The number of methoxy groups -OCH3 is 1. The van der Waals surface area contributed by atoms with Gasteiger partial charge in [0.2, 0.25) is 0 Å². The van der Waals surface area contributed by atoms with Crippen LogP contribution in [0, 0.1) is 5.92 Å². The highest BCUT2D eigenvalue weighted by Crippen LogP contribution is 2.33. The maximum atomic E-state index is 12.6. The van der Waals surface area contributed by atoms with Crippen LogP contribution in [0.15, 0.2) is 18.2 Å². The third-order valence-electron chi connectivity index (χ3n) is 2.44. The molecule has 0 radical (unpaired) electrons. The number of hydrogen-bond acceptors (Lipinski definition) is 3. The molecule has 0 aromatic heterocycles. The van der Waals surface area contributed by atoms with E-state index in [1.165, 1.54) is 13.2 Å². The van der Waals surface area contributed by atoms with Gasteiger partial charge in [-0.2, -0.15) is 13.2 Å². The summed E-state index contributed by atoms with van der Waals surface area (Å²) in [6.07, 6.45) is -4.46. The fraction of sp³-hybridized carbons (Fsp3) is 0.417. The summed E-state index contributed by atoms with van der Waals surface area (Å²) < 4.78 is 42.2. The SMILES string of the molecule is COC(=O)C(C)CNc1cc(Cl)cc(C(F)(F)F)c1. The Balaban J connectivity index is 2.79. The van der Waals surface area contributed by atoms with Gasteiger partial charge in [0.1, 0.15) is 0 Å². The number of alkyl halides is 3. The minimum atomic E-state index is -4.46. The molecule has 0 saturated heterocycles. The molecule has 0 heterocycles. The molecule has 0 aliphatic heterocycles. The van der Waals surface area contributed by atoms with Crippen LogP contribution in [-0.4, -0.2) is 19.6 Å². The van der Waals surface area contributed by atoms with Crippen LogP contribution in [0.4, 0.5) is 18.9 Å². The van der Waals surface area contributed by atoms with Crippen LogP contribution < -0.4 is 5.32 Å². The second kappa shape index (κ2) is 6.14. The van der Waals surface area contributed by atoms with E-state index < -0.39 is 23.6 Å². The van der Waals surface area contributed by atoms with Gasteiger partial charge >= 0.3 is 12.1 Å². The van der Waals surface area contributed by atoms with E-state index in [0.717, 1.165) is 12.1 Å². The monoisotopic (exact) mass is 295 g/mol. The van der Waals surface area contributed by atoms with Gasteiger partial charge in [-0.15, -0.1) is 0 Å². The highest BCUT2D eigenvalue weighted by atomic mass is 35.5. The molecule has 1 rings (SSSR count). The number of hydrogen-bond donors (Lipinski definition) is 1. The molecule has 3 nitrogen and oxygen atoms in total. The molecular weight excluding hydrogens is 283 g/mol. The van der Waals surface area contributed by atoms with Crippen molar-refractivity contribution in [2.45, 2.75) is 13.1 Å². The molecule has 106 valence electrons. The quantitative estimate of drug-likeness (QED) is 0.863. The Morgan fingerprint density at radius 1 is 1.42 bits per heavy atom. The average Bonchev–Trinajstić information content (AvgIpc) is 2.33. The summed E-state index contributed by atoms with van der Waals surface area (Å²) in [6, 6.07) is 3.15. The zero-order valence-electron chi connectivity index (χ0n) is 10.3. The van der Waals surface area contributed by atoms with Crippen molar-refractivity contribution in [3.05, 3.63) is 28.8 Å². The van der Waals surface area contributed by atoms with Gasteiger partial charge in [-0.1, -0.05) is 18.5 Å². The van der Waals surface area contributed by atoms with E-state index in [1.807, 2.05) is 0 Å². The number of anilines is 1. The minimum Gasteiger partial charge on any atom is -0.469 e. The summed E-state index contributed by atoms with van der Waals surface area (Å²) in [6.45, 7) is 1.76. The Labute approximate surface area is 113 Å². The van der Waals surface area contributed by atoms with Gasteiger partial charge in [0.15, 0.2) is 0 Å². The molecule has 0 fully saturated rings. The predicted octanol–water partition coefficient (Wildman–Crippen LogP) is 3.58. The number of carbonyl (C=O) groups is 1. The number of ether oxygens (including phenoxy) is 1. The molecule has 1 atom stereocenters. The van der Waals surface area contributed by atoms with E-state index in [2.05, 4.69) is 10.1 Å². The molecule has 7 heteroatoms. The Bertz CT molecular complexity index is 463. The van der Waals surface area contributed by atoms with Gasteiger partial charge < -0.3 is 10.1 Å². The summed E-state index contributed by atoms with van der Waals surface area (Å²) in [5.74, 6) is -0.913. The average molecular weight is 296 g/mol. The van der Waals surface area contributed by atoms with Crippen LogP contribution in [0.3, 0.4) is 0 Å². The van der Waals surface area contributed by atoms with Gasteiger partial charge in [-0.05, 0) is 18.2 Å². The summed E-state index contributed by atoms with van der Waals surface area (Å²) in [4.78, 5) is 11.2. The first kappa shape index (κ1) is 15.6. The fourth-order valence-corrected chi connectivity index (χ4v) is 1.65. The molecule has 0 aliphatic rings. The van der Waals surface area contributed by atoms with Crippen molar-refractivity contribution in [3.63, 3.8) is 0 Å². The van der Waals surface area contributed by atoms with Crippen LogP contribution >= 0.6 is 11.6 Å². The van der Waals surface area contributed by atoms with Crippen LogP contribution in [0.1, 0.15) is 12.5 Å². The van der Waals surface area contributed by atoms with Crippen molar-refractivity contribution in [2.24, 2.45) is 5.92 Å². The van der Waals surface area contributed by atoms with Crippen molar-refractivity contribution >= 4 is 23.3 Å². The predicted molar refractivity (Wildman–Crippen MR) is 66.1 cm³/mol. The number of carbonyl (C=O) groups excluding carboxylic acids is 1. The zero-order chi connectivity index (χ0) is 14.6.